The molecule has 126 valence electrons. The van der Waals surface area contributed by atoms with Crippen molar-refractivity contribution in [2.75, 3.05) is 0 Å². The highest BCUT2D eigenvalue weighted by atomic mass is 16.3. The van der Waals surface area contributed by atoms with E-state index in [1.807, 2.05) is 12.1 Å². The molecular formula is C23H23NO. The molecule has 0 atom stereocenters. The second-order valence-corrected chi connectivity index (χ2v) is 7.41. The maximum atomic E-state index is 6.27. The molecule has 4 aromatic rings. The minimum absolute atomic E-state index is 0.560. The first-order chi connectivity index (χ1) is 12.0. The molecule has 0 aliphatic rings. The maximum Gasteiger partial charge on any atom is 0.145 e. The summed E-state index contributed by atoms with van der Waals surface area (Å²) in [5.41, 5.74) is 6.61. The first kappa shape index (κ1) is 15.9. The van der Waals surface area contributed by atoms with Crippen LogP contribution < -0.4 is 0 Å². The summed E-state index contributed by atoms with van der Waals surface area (Å²) < 4.78 is 6.27. The van der Waals surface area contributed by atoms with E-state index in [0.717, 1.165) is 45.3 Å². The molecule has 0 amide bonds. The van der Waals surface area contributed by atoms with Gasteiger partial charge in [-0.15, -0.1) is 0 Å². The molecule has 2 heteroatoms. The first-order valence-corrected chi connectivity index (χ1v) is 8.91. The Morgan fingerprint density at radius 3 is 2.36 bits per heavy atom. The molecule has 0 spiro atoms. The Morgan fingerprint density at radius 2 is 1.64 bits per heavy atom. The lowest BCUT2D eigenvalue weighted by Crippen LogP contribution is -1.90. The fourth-order valence-corrected chi connectivity index (χ4v) is 3.60. The molecule has 0 fully saturated rings. The number of fused-ring (bicyclic) bond motifs is 3. The van der Waals surface area contributed by atoms with Crippen LogP contribution in [0.2, 0.25) is 0 Å². The van der Waals surface area contributed by atoms with Gasteiger partial charge in [0, 0.05) is 22.8 Å². The maximum absolute atomic E-state index is 6.27. The van der Waals surface area contributed by atoms with Crippen LogP contribution in [0.5, 0.6) is 0 Å². The molecule has 2 aromatic carbocycles. The second kappa shape index (κ2) is 6.03. The van der Waals surface area contributed by atoms with Crippen LogP contribution >= 0.6 is 0 Å². The summed E-state index contributed by atoms with van der Waals surface area (Å²) in [5.74, 6) is 1.60. The van der Waals surface area contributed by atoms with Gasteiger partial charge in [0.2, 0.25) is 0 Å². The molecule has 2 heterocycles. The van der Waals surface area contributed by atoms with Crippen molar-refractivity contribution in [2.45, 2.75) is 34.1 Å². The quantitative estimate of drug-likeness (QED) is 0.431. The number of furan rings is 1. The highest BCUT2D eigenvalue weighted by Gasteiger charge is 2.16. The standard InChI is InChI=1S/C23H23NO/c1-14(2)9-18-13-20-22(17-11-15(3)10-16(4)12-17)24-21-8-6-5-7-19(21)23(20)25-18/h5-8,10-14H,9H2,1-4H3. The molecule has 0 unspecified atom stereocenters. The Hall–Kier alpha value is -2.61. The summed E-state index contributed by atoms with van der Waals surface area (Å²) in [6.45, 7) is 8.70. The van der Waals surface area contributed by atoms with Gasteiger partial charge in [-0.2, -0.15) is 0 Å². The molecule has 2 nitrogen and oxygen atoms in total. The SMILES string of the molecule is Cc1cc(C)cc(-c2nc3ccccc3c3oc(CC(C)C)cc23)c1. The highest BCUT2D eigenvalue weighted by Crippen LogP contribution is 2.35. The molecule has 2 aromatic heterocycles. The van der Waals surface area contributed by atoms with E-state index in [4.69, 9.17) is 9.40 Å². The number of aromatic nitrogens is 1. The lowest BCUT2D eigenvalue weighted by molar-refractivity contribution is 0.501. The minimum atomic E-state index is 0.560. The Kier molecular flexibility index (Phi) is 3.84. The number of rotatable bonds is 3. The molecule has 0 aliphatic carbocycles. The van der Waals surface area contributed by atoms with Crippen LogP contribution in [0.25, 0.3) is 33.1 Å². The van der Waals surface area contributed by atoms with Crippen molar-refractivity contribution in [3.05, 3.63) is 65.4 Å². The van der Waals surface area contributed by atoms with Crippen molar-refractivity contribution < 1.29 is 4.42 Å². The van der Waals surface area contributed by atoms with E-state index in [-0.39, 0.29) is 0 Å². The average Bonchev–Trinajstić information content (AvgIpc) is 2.96. The van der Waals surface area contributed by atoms with Gasteiger partial charge in [0.25, 0.3) is 0 Å². The fraction of sp³-hybridized carbons (Fsp3) is 0.261. The normalized spacial score (nSPS) is 11.7. The molecule has 0 N–H and O–H groups in total. The van der Waals surface area contributed by atoms with E-state index in [1.54, 1.807) is 0 Å². The number of pyridine rings is 1. The Balaban J connectivity index is 2.05. The van der Waals surface area contributed by atoms with E-state index in [9.17, 15) is 0 Å². The van der Waals surface area contributed by atoms with E-state index in [1.165, 1.54) is 11.1 Å². The Bertz CT molecular complexity index is 1050. The van der Waals surface area contributed by atoms with E-state index in [0.29, 0.717) is 5.92 Å². The van der Waals surface area contributed by atoms with Crippen molar-refractivity contribution in [3.8, 4) is 11.3 Å². The van der Waals surface area contributed by atoms with Crippen LogP contribution in [0.15, 0.2) is 52.9 Å². The van der Waals surface area contributed by atoms with E-state index < -0.39 is 0 Å². The third-order valence-electron chi connectivity index (χ3n) is 4.52. The summed E-state index contributed by atoms with van der Waals surface area (Å²) >= 11 is 0. The summed E-state index contributed by atoms with van der Waals surface area (Å²) in [4.78, 5) is 4.99. The number of aryl methyl sites for hydroxylation is 2. The number of para-hydroxylation sites is 1. The predicted molar refractivity (Wildman–Crippen MR) is 105 cm³/mol. The predicted octanol–water partition coefficient (Wildman–Crippen LogP) is 6.46. The molecule has 0 saturated heterocycles. The Morgan fingerprint density at radius 1 is 0.920 bits per heavy atom. The Labute approximate surface area is 148 Å². The van der Waals surface area contributed by atoms with Crippen molar-refractivity contribution >= 4 is 21.9 Å². The number of benzene rings is 2. The van der Waals surface area contributed by atoms with Gasteiger partial charge in [-0.3, -0.25) is 0 Å². The molecule has 4 rings (SSSR count). The zero-order chi connectivity index (χ0) is 17.6. The van der Waals surface area contributed by atoms with Gasteiger partial charge in [-0.1, -0.05) is 43.2 Å². The first-order valence-electron chi connectivity index (χ1n) is 8.91. The van der Waals surface area contributed by atoms with Gasteiger partial charge in [0.1, 0.15) is 11.3 Å². The number of hydrogen-bond acceptors (Lipinski definition) is 2. The van der Waals surface area contributed by atoms with Crippen molar-refractivity contribution in [2.24, 2.45) is 5.92 Å². The van der Waals surface area contributed by atoms with Crippen LogP contribution in [0, 0.1) is 19.8 Å². The minimum Gasteiger partial charge on any atom is -0.460 e. The van der Waals surface area contributed by atoms with Crippen molar-refractivity contribution in [1.29, 1.82) is 0 Å². The number of nitrogens with zero attached hydrogens (tertiary/aromatic N) is 1. The van der Waals surface area contributed by atoms with Gasteiger partial charge < -0.3 is 4.42 Å². The topological polar surface area (TPSA) is 26.0 Å². The van der Waals surface area contributed by atoms with Crippen LogP contribution in [0.4, 0.5) is 0 Å². The summed E-state index contributed by atoms with van der Waals surface area (Å²) in [6.07, 6.45) is 0.940. The van der Waals surface area contributed by atoms with Crippen LogP contribution in [0.1, 0.15) is 30.7 Å². The van der Waals surface area contributed by atoms with Crippen LogP contribution in [-0.4, -0.2) is 4.98 Å². The molecular weight excluding hydrogens is 306 g/mol. The summed E-state index contributed by atoms with van der Waals surface area (Å²) in [6, 6.07) is 17.0. The molecule has 0 bridgehead atoms. The molecule has 25 heavy (non-hydrogen) atoms. The van der Waals surface area contributed by atoms with Crippen LogP contribution in [0.3, 0.4) is 0 Å². The third-order valence-corrected chi connectivity index (χ3v) is 4.52. The molecule has 0 saturated carbocycles. The third kappa shape index (κ3) is 2.93. The van der Waals surface area contributed by atoms with Crippen molar-refractivity contribution in [1.82, 2.24) is 4.98 Å². The fourth-order valence-electron chi connectivity index (χ4n) is 3.60. The summed E-state index contributed by atoms with van der Waals surface area (Å²) in [5, 5.41) is 2.19. The van der Waals surface area contributed by atoms with Gasteiger partial charge in [-0.05, 0) is 50.1 Å². The lowest BCUT2D eigenvalue weighted by atomic mass is 10.0. The zero-order valence-corrected chi connectivity index (χ0v) is 15.3. The monoisotopic (exact) mass is 329 g/mol. The summed E-state index contributed by atoms with van der Waals surface area (Å²) in [7, 11) is 0. The van der Waals surface area contributed by atoms with Gasteiger partial charge in [0.05, 0.1) is 11.2 Å². The van der Waals surface area contributed by atoms with Crippen molar-refractivity contribution in [3.63, 3.8) is 0 Å². The number of hydrogen-bond donors (Lipinski definition) is 0. The van der Waals surface area contributed by atoms with Crippen LogP contribution in [-0.2, 0) is 6.42 Å². The van der Waals surface area contributed by atoms with E-state index >= 15 is 0 Å². The average molecular weight is 329 g/mol. The lowest BCUT2D eigenvalue weighted by Gasteiger charge is -2.08. The second-order valence-electron chi connectivity index (χ2n) is 7.41. The molecule has 0 aliphatic heterocycles. The van der Waals surface area contributed by atoms with Gasteiger partial charge in [-0.25, -0.2) is 4.98 Å². The zero-order valence-electron chi connectivity index (χ0n) is 15.3. The van der Waals surface area contributed by atoms with Gasteiger partial charge in [0.15, 0.2) is 0 Å². The highest BCUT2D eigenvalue weighted by molar-refractivity contribution is 6.08. The largest absolute Gasteiger partial charge is 0.460 e. The van der Waals surface area contributed by atoms with Gasteiger partial charge >= 0.3 is 0 Å². The molecule has 0 radical (unpaired) electrons. The van der Waals surface area contributed by atoms with E-state index in [2.05, 4.69) is 64.1 Å². The smallest absolute Gasteiger partial charge is 0.145 e.